The number of carbonyl (C=O) groups excluding carboxylic acids is 1. The number of methoxy groups -OCH3 is 1. The summed E-state index contributed by atoms with van der Waals surface area (Å²) in [6.07, 6.45) is 0. The van der Waals surface area contributed by atoms with Gasteiger partial charge in [-0.25, -0.2) is 4.68 Å². The van der Waals surface area contributed by atoms with E-state index in [1.165, 1.54) is 11.8 Å². The normalized spacial score (nSPS) is 16.6. The second kappa shape index (κ2) is 10.1. The Morgan fingerprint density at radius 1 is 1.00 bits per heavy atom. The van der Waals surface area contributed by atoms with Crippen molar-refractivity contribution in [1.29, 1.82) is 0 Å². The van der Waals surface area contributed by atoms with Gasteiger partial charge in [-0.2, -0.15) is 0 Å². The maximum Gasteiger partial charge on any atom is 0.240 e. The van der Waals surface area contributed by atoms with Crippen molar-refractivity contribution < 1.29 is 14.3 Å². The maximum absolute atomic E-state index is 13.5. The van der Waals surface area contributed by atoms with Crippen molar-refractivity contribution in [2.24, 2.45) is 0 Å². The summed E-state index contributed by atoms with van der Waals surface area (Å²) < 4.78 is 13.0. The van der Waals surface area contributed by atoms with Crippen LogP contribution >= 0.6 is 11.8 Å². The standard InChI is InChI=1S/C26H25N5O3S/c1-17-8-6-7-11-21(17)27-25(32)24-23(18-12-14-19(33-2)15-13-18)30-31-22(28-29-26(31)35-24)16-34-20-9-4-3-5-10-20/h3-15,23-24,30H,16H2,1-2H3,(H,27,32)/t23-,24-/m1/s1. The Morgan fingerprint density at radius 2 is 1.74 bits per heavy atom. The molecule has 0 saturated carbocycles. The van der Waals surface area contributed by atoms with Crippen LogP contribution in [-0.4, -0.2) is 33.1 Å². The minimum atomic E-state index is -0.484. The molecule has 1 aromatic heterocycles. The Bertz CT molecular complexity index is 1310. The van der Waals surface area contributed by atoms with E-state index in [0.29, 0.717) is 11.0 Å². The Morgan fingerprint density at radius 3 is 2.49 bits per heavy atom. The highest BCUT2D eigenvalue weighted by Crippen LogP contribution is 2.38. The lowest BCUT2D eigenvalue weighted by atomic mass is 10.0. The number of benzene rings is 3. The highest BCUT2D eigenvalue weighted by atomic mass is 32.2. The van der Waals surface area contributed by atoms with Crippen molar-refractivity contribution in [3.63, 3.8) is 0 Å². The van der Waals surface area contributed by atoms with E-state index in [4.69, 9.17) is 9.47 Å². The lowest BCUT2D eigenvalue weighted by molar-refractivity contribution is -0.116. The third-order valence-corrected chi connectivity index (χ3v) is 6.97. The van der Waals surface area contributed by atoms with Crippen molar-refractivity contribution in [2.45, 2.75) is 30.0 Å². The van der Waals surface area contributed by atoms with E-state index in [2.05, 4.69) is 20.9 Å². The molecule has 0 spiro atoms. The van der Waals surface area contributed by atoms with Gasteiger partial charge in [0.2, 0.25) is 11.1 Å². The zero-order valence-electron chi connectivity index (χ0n) is 19.3. The van der Waals surface area contributed by atoms with E-state index in [-0.39, 0.29) is 18.6 Å². The van der Waals surface area contributed by atoms with Gasteiger partial charge in [-0.3, -0.25) is 4.79 Å². The molecule has 0 bridgehead atoms. The lowest BCUT2D eigenvalue weighted by Gasteiger charge is -2.33. The van der Waals surface area contributed by atoms with Crippen LogP contribution in [0.2, 0.25) is 0 Å². The summed E-state index contributed by atoms with van der Waals surface area (Å²) >= 11 is 1.37. The Kier molecular flexibility index (Phi) is 6.58. The van der Waals surface area contributed by atoms with E-state index in [1.54, 1.807) is 11.8 Å². The third-order valence-electron chi connectivity index (χ3n) is 5.75. The van der Waals surface area contributed by atoms with Gasteiger partial charge in [0, 0.05) is 5.69 Å². The number of thioether (sulfide) groups is 1. The van der Waals surface area contributed by atoms with Gasteiger partial charge in [0.15, 0.2) is 5.82 Å². The molecule has 2 heterocycles. The van der Waals surface area contributed by atoms with Crippen molar-refractivity contribution in [3.8, 4) is 11.5 Å². The molecular weight excluding hydrogens is 462 g/mol. The molecule has 0 aliphatic carbocycles. The maximum atomic E-state index is 13.5. The molecule has 0 fully saturated rings. The first-order valence-corrected chi connectivity index (χ1v) is 12.1. The number of hydrogen-bond donors (Lipinski definition) is 2. The highest BCUT2D eigenvalue weighted by molar-refractivity contribution is 8.00. The Hall–Kier alpha value is -3.98. The largest absolute Gasteiger partial charge is 0.497 e. The summed E-state index contributed by atoms with van der Waals surface area (Å²) in [4.78, 5) is 13.5. The molecule has 9 heteroatoms. The van der Waals surface area contributed by atoms with Crippen LogP contribution in [0.25, 0.3) is 0 Å². The minimum absolute atomic E-state index is 0.117. The van der Waals surface area contributed by atoms with Crippen LogP contribution in [0.15, 0.2) is 84.0 Å². The van der Waals surface area contributed by atoms with Gasteiger partial charge in [0.25, 0.3) is 0 Å². The molecule has 0 unspecified atom stereocenters. The second-order valence-electron chi connectivity index (χ2n) is 8.06. The van der Waals surface area contributed by atoms with Crippen LogP contribution in [0.5, 0.6) is 11.5 Å². The van der Waals surface area contributed by atoms with E-state index in [1.807, 2.05) is 85.8 Å². The van der Waals surface area contributed by atoms with Crippen LogP contribution in [0.1, 0.15) is 23.0 Å². The van der Waals surface area contributed by atoms with E-state index < -0.39 is 5.25 Å². The first kappa shape index (κ1) is 22.8. The van der Waals surface area contributed by atoms with E-state index in [0.717, 1.165) is 28.3 Å². The van der Waals surface area contributed by atoms with Gasteiger partial charge in [-0.05, 0) is 48.4 Å². The van der Waals surface area contributed by atoms with E-state index in [9.17, 15) is 4.79 Å². The number of nitrogens with one attached hydrogen (secondary N) is 2. The van der Waals surface area contributed by atoms with Crippen molar-refractivity contribution in [3.05, 3.63) is 95.8 Å². The number of amides is 1. The molecule has 1 aliphatic rings. The first-order chi connectivity index (χ1) is 17.1. The smallest absolute Gasteiger partial charge is 0.240 e. The second-order valence-corrected chi connectivity index (χ2v) is 9.17. The van der Waals surface area contributed by atoms with Gasteiger partial charge < -0.3 is 20.2 Å². The van der Waals surface area contributed by atoms with Gasteiger partial charge >= 0.3 is 0 Å². The SMILES string of the molecule is COc1ccc([C@H]2Nn3c(COc4ccccc4)nnc3S[C@H]2C(=O)Nc2ccccc2C)cc1. The van der Waals surface area contributed by atoms with Crippen LogP contribution < -0.4 is 20.2 Å². The van der Waals surface area contributed by atoms with E-state index >= 15 is 0 Å². The number of carbonyl (C=O) groups is 1. The fourth-order valence-electron chi connectivity index (χ4n) is 3.84. The zero-order valence-corrected chi connectivity index (χ0v) is 20.2. The minimum Gasteiger partial charge on any atom is -0.497 e. The van der Waals surface area contributed by atoms with Gasteiger partial charge in [-0.15, -0.1) is 10.2 Å². The van der Waals surface area contributed by atoms with Gasteiger partial charge in [0.1, 0.15) is 23.4 Å². The number of fused-ring (bicyclic) bond motifs is 1. The molecule has 8 nitrogen and oxygen atoms in total. The van der Waals surface area contributed by atoms with Crippen LogP contribution in [-0.2, 0) is 11.4 Å². The van der Waals surface area contributed by atoms with Crippen molar-refractivity contribution in [2.75, 3.05) is 17.9 Å². The summed E-state index contributed by atoms with van der Waals surface area (Å²) in [5.41, 5.74) is 6.19. The summed E-state index contributed by atoms with van der Waals surface area (Å²) in [5, 5.41) is 11.8. The van der Waals surface area contributed by atoms with Gasteiger partial charge in [-0.1, -0.05) is 60.3 Å². The molecule has 3 aromatic carbocycles. The fourth-order valence-corrected chi connectivity index (χ4v) is 4.93. The van der Waals surface area contributed by atoms with Gasteiger partial charge in [0.05, 0.1) is 13.2 Å². The number of nitrogens with zero attached hydrogens (tertiary/aromatic N) is 3. The molecule has 0 saturated heterocycles. The quantitative estimate of drug-likeness (QED) is 0.395. The molecule has 2 atom stereocenters. The average molecular weight is 488 g/mol. The molecule has 178 valence electrons. The fraction of sp³-hybridized carbons (Fsp3) is 0.192. The molecule has 2 N–H and O–H groups in total. The molecule has 4 aromatic rings. The predicted octanol–water partition coefficient (Wildman–Crippen LogP) is 4.57. The number of hydrogen-bond acceptors (Lipinski definition) is 7. The lowest BCUT2D eigenvalue weighted by Crippen LogP contribution is -2.41. The summed E-state index contributed by atoms with van der Waals surface area (Å²) in [6.45, 7) is 2.21. The monoisotopic (exact) mass is 487 g/mol. The molecule has 1 aliphatic heterocycles. The average Bonchev–Trinajstić information content (AvgIpc) is 3.30. The number of aromatic nitrogens is 3. The Balaban J connectivity index is 1.43. The molecule has 0 radical (unpaired) electrons. The molecule has 35 heavy (non-hydrogen) atoms. The van der Waals surface area contributed by atoms with Crippen LogP contribution in [0, 0.1) is 6.92 Å². The number of aryl methyl sites for hydroxylation is 1. The number of para-hydroxylation sites is 2. The van der Waals surface area contributed by atoms with Crippen LogP contribution in [0.3, 0.4) is 0 Å². The molecule has 5 rings (SSSR count). The first-order valence-electron chi connectivity index (χ1n) is 11.2. The van der Waals surface area contributed by atoms with Crippen molar-refractivity contribution in [1.82, 2.24) is 14.9 Å². The number of rotatable bonds is 7. The van der Waals surface area contributed by atoms with Crippen LogP contribution in [0.4, 0.5) is 5.69 Å². The number of anilines is 1. The topological polar surface area (TPSA) is 90.3 Å². The summed E-state index contributed by atoms with van der Waals surface area (Å²) in [7, 11) is 1.63. The molecule has 1 amide bonds. The Labute approximate surface area is 207 Å². The zero-order chi connectivity index (χ0) is 24.2. The summed E-state index contributed by atoms with van der Waals surface area (Å²) in [6, 6.07) is 24.6. The molecular formula is C26H25N5O3S. The highest BCUT2D eigenvalue weighted by Gasteiger charge is 2.38. The number of ether oxygens (including phenoxy) is 2. The predicted molar refractivity (Wildman–Crippen MR) is 135 cm³/mol. The summed E-state index contributed by atoms with van der Waals surface area (Å²) in [5.74, 6) is 2.00. The third kappa shape index (κ3) is 4.95. The van der Waals surface area contributed by atoms with Crippen molar-refractivity contribution >= 4 is 23.4 Å².